The standard InChI is InChI=1S/C19H18ClN3O2S/c1-11-15-17(21-14-9-5-6-10-23(14)18(15)24)26-16(11)19(25)22(2)13-8-4-3-7-12(13)20/h3-4,7-8H,5-6,9-10H2,1-2H3. The van der Waals surface area contributed by atoms with Crippen molar-refractivity contribution in [1.29, 1.82) is 0 Å². The number of thiophene rings is 1. The fraction of sp³-hybridized carbons (Fsp3) is 0.316. The Bertz CT molecular complexity index is 1090. The first kappa shape index (κ1) is 17.2. The van der Waals surface area contributed by atoms with Crippen LogP contribution >= 0.6 is 22.9 Å². The summed E-state index contributed by atoms with van der Waals surface area (Å²) in [5.41, 5.74) is 1.31. The van der Waals surface area contributed by atoms with Gasteiger partial charge in [0.15, 0.2) is 0 Å². The maximum Gasteiger partial charge on any atom is 0.268 e. The molecular weight excluding hydrogens is 370 g/mol. The highest BCUT2D eigenvalue weighted by atomic mass is 35.5. The number of halogens is 1. The van der Waals surface area contributed by atoms with E-state index in [1.165, 1.54) is 16.2 Å². The van der Waals surface area contributed by atoms with Gasteiger partial charge >= 0.3 is 0 Å². The van der Waals surface area contributed by atoms with Gasteiger partial charge in [0, 0.05) is 20.0 Å². The summed E-state index contributed by atoms with van der Waals surface area (Å²) in [6.07, 6.45) is 2.85. The number of fused-ring (bicyclic) bond motifs is 2. The van der Waals surface area contributed by atoms with Gasteiger partial charge in [0.2, 0.25) is 0 Å². The Labute approximate surface area is 159 Å². The van der Waals surface area contributed by atoms with E-state index in [0.29, 0.717) is 37.9 Å². The topological polar surface area (TPSA) is 55.2 Å². The molecule has 0 bridgehead atoms. The highest BCUT2D eigenvalue weighted by Gasteiger charge is 2.25. The zero-order valence-corrected chi connectivity index (χ0v) is 16.2. The van der Waals surface area contributed by atoms with E-state index in [1.807, 2.05) is 19.1 Å². The summed E-state index contributed by atoms with van der Waals surface area (Å²) in [5, 5.41) is 1.08. The number of anilines is 1. The second kappa shape index (κ2) is 6.52. The quantitative estimate of drug-likeness (QED) is 0.667. The van der Waals surface area contributed by atoms with Gasteiger partial charge in [0.1, 0.15) is 10.7 Å². The summed E-state index contributed by atoms with van der Waals surface area (Å²) < 4.78 is 1.76. The lowest BCUT2D eigenvalue weighted by molar-refractivity contribution is 0.0996. The van der Waals surface area contributed by atoms with Crippen molar-refractivity contribution in [2.45, 2.75) is 32.7 Å². The Morgan fingerprint density at radius 1 is 1.31 bits per heavy atom. The summed E-state index contributed by atoms with van der Waals surface area (Å²) in [7, 11) is 1.69. The van der Waals surface area contributed by atoms with Crippen LogP contribution in [0.5, 0.6) is 0 Å². The molecule has 0 aliphatic carbocycles. The molecule has 2 aromatic heterocycles. The number of para-hydroxylation sites is 1. The number of rotatable bonds is 2. The second-order valence-corrected chi connectivity index (χ2v) is 7.90. The lowest BCUT2D eigenvalue weighted by atomic mass is 10.1. The van der Waals surface area contributed by atoms with Crippen LogP contribution in [0.3, 0.4) is 0 Å². The van der Waals surface area contributed by atoms with Crippen LogP contribution in [0.2, 0.25) is 5.02 Å². The third kappa shape index (κ3) is 2.64. The summed E-state index contributed by atoms with van der Waals surface area (Å²) >= 11 is 7.51. The van der Waals surface area contributed by atoms with Crippen molar-refractivity contribution in [3.05, 3.63) is 55.9 Å². The van der Waals surface area contributed by atoms with Crippen molar-refractivity contribution in [3.8, 4) is 0 Å². The van der Waals surface area contributed by atoms with Crippen molar-refractivity contribution in [2.24, 2.45) is 0 Å². The van der Waals surface area contributed by atoms with Crippen LogP contribution in [0.25, 0.3) is 10.2 Å². The zero-order valence-electron chi connectivity index (χ0n) is 14.6. The van der Waals surface area contributed by atoms with Gasteiger partial charge < -0.3 is 4.90 Å². The van der Waals surface area contributed by atoms with E-state index in [0.717, 1.165) is 25.1 Å². The van der Waals surface area contributed by atoms with Crippen LogP contribution in [0.1, 0.15) is 33.9 Å². The van der Waals surface area contributed by atoms with E-state index >= 15 is 0 Å². The van der Waals surface area contributed by atoms with Crippen molar-refractivity contribution in [2.75, 3.05) is 11.9 Å². The minimum absolute atomic E-state index is 0.0297. The number of carbonyl (C=O) groups excluding carboxylic acids is 1. The first-order valence-electron chi connectivity index (χ1n) is 8.54. The number of benzene rings is 1. The highest BCUT2D eigenvalue weighted by Crippen LogP contribution is 2.32. The summed E-state index contributed by atoms with van der Waals surface area (Å²) in [4.78, 5) is 33.4. The van der Waals surface area contributed by atoms with Gasteiger partial charge in [-0.1, -0.05) is 23.7 Å². The SMILES string of the molecule is Cc1c(C(=O)N(C)c2ccccc2Cl)sc2nc3n(c(=O)c12)CCCC3. The molecule has 0 saturated carbocycles. The lowest BCUT2D eigenvalue weighted by Gasteiger charge is -2.18. The second-order valence-electron chi connectivity index (χ2n) is 6.49. The van der Waals surface area contributed by atoms with E-state index in [-0.39, 0.29) is 11.5 Å². The highest BCUT2D eigenvalue weighted by molar-refractivity contribution is 7.20. The first-order valence-corrected chi connectivity index (χ1v) is 9.74. The van der Waals surface area contributed by atoms with Crippen LogP contribution in [0, 0.1) is 6.92 Å². The van der Waals surface area contributed by atoms with Gasteiger partial charge in [-0.25, -0.2) is 4.98 Å². The molecule has 3 heterocycles. The number of hydrogen-bond acceptors (Lipinski definition) is 4. The Morgan fingerprint density at radius 2 is 2.08 bits per heavy atom. The fourth-order valence-corrected chi connectivity index (χ4v) is 4.85. The average molecular weight is 388 g/mol. The predicted molar refractivity (Wildman–Crippen MR) is 106 cm³/mol. The number of nitrogens with zero attached hydrogens (tertiary/aromatic N) is 3. The van der Waals surface area contributed by atoms with Crippen LogP contribution in [-0.4, -0.2) is 22.5 Å². The number of aromatic nitrogens is 2. The molecule has 0 fully saturated rings. The van der Waals surface area contributed by atoms with Crippen molar-refractivity contribution in [3.63, 3.8) is 0 Å². The number of aryl methyl sites for hydroxylation is 2. The van der Waals surface area contributed by atoms with Gasteiger partial charge in [0.05, 0.1) is 21.0 Å². The summed E-state index contributed by atoms with van der Waals surface area (Å²) in [6.45, 7) is 2.53. The molecule has 0 spiro atoms. The van der Waals surface area contributed by atoms with Crippen molar-refractivity contribution in [1.82, 2.24) is 9.55 Å². The molecule has 134 valence electrons. The van der Waals surface area contributed by atoms with E-state index < -0.39 is 0 Å². The number of amides is 1. The lowest BCUT2D eigenvalue weighted by Crippen LogP contribution is -2.28. The predicted octanol–water partition coefficient (Wildman–Crippen LogP) is 4.03. The van der Waals surface area contributed by atoms with Gasteiger partial charge in [-0.2, -0.15) is 0 Å². The third-order valence-corrected chi connectivity index (χ3v) is 6.37. The molecule has 7 heteroatoms. The van der Waals surface area contributed by atoms with Crippen molar-refractivity contribution >= 4 is 44.7 Å². The minimum atomic E-state index is -0.180. The van der Waals surface area contributed by atoms with Crippen molar-refractivity contribution < 1.29 is 4.79 Å². The van der Waals surface area contributed by atoms with Crippen LogP contribution < -0.4 is 10.5 Å². The Hall–Kier alpha value is -2.18. The molecule has 0 atom stereocenters. The van der Waals surface area contributed by atoms with E-state index in [2.05, 4.69) is 4.98 Å². The molecule has 26 heavy (non-hydrogen) atoms. The van der Waals surface area contributed by atoms with E-state index in [1.54, 1.807) is 23.7 Å². The monoisotopic (exact) mass is 387 g/mol. The maximum atomic E-state index is 13.1. The molecule has 0 saturated heterocycles. The summed E-state index contributed by atoms with van der Waals surface area (Å²) in [6, 6.07) is 7.21. The molecule has 1 aliphatic heterocycles. The average Bonchev–Trinajstić information content (AvgIpc) is 2.98. The Kier molecular flexibility index (Phi) is 4.32. The number of carbonyl (C=O) groups is 1. The molecule has 0 unspecified atom stereocenters. The smallest absolute Gasteiger partial charge is 0.268 e. The molecular formula is C19H18ClN3O2S. The normalized spacial score (nSPS) is 13.7. The summed E-state index contributed by atoms with van der Waals surface area (Å²) in [5.74, 6) is 0.648. The van der Waals surface area contributed by atoms with Gasteiger partial charge in [0.25, 0.3) is 11.5 Å². The van der Waals surface area contributed by atoms with Gasteiger partial charge in [-0.15, -0.1) is 11.3 Å². The zero-order chi connectivity index (χ0) is 18.4. The van der Waals surface area contributed by atoms with Gasteiger partial charge in [-0.05, 0) is 37.5 Å². The van der Waals surface area contributed by atoms with Crippen LogP contribution in [-0.2, 0) is 13.0 Å². The van der Waals surface area contributed by atoms with E-state index in [9.17, 15) is 9.59 Å². The molecule has 0 radical (unpaired) electrons. The fourth-order valence-electron chi connectivity index (χ4n) is 3.42. The Morgan fingerprint density at radius 3 is 2.85 bits per heavy atom. The van der Waals surface area contributed by atoms with Crippen LogP contribution in [0.4, 0.5) is 5.69 Å². The molecule has 1 aliphatic rings. The number of hydrogen-bond donors (Lipinski definition) is 0. The molecule has 1 aromatic carbocycles. The van der Waals surface area contributed by atoms with Crippen LogP contribution in [0.15, 0.2) is 29.1 Å². The van der Waals surface area contributed by atoms with Gasteiger partial charge in [-0.3, -0.25) is 14.2 Å². The maximum absolute atomic E-state index is 13.1. The molecule has 5 nitrogen and oxygen atoms in total. The third-order valence-electron chi connectivity index (χ3n) is 4.87. The molecule has 3 aromatic rings. The Balaban J connectivity index is 1.83. The molecule has 0 N–H and O–H groups in total. The largest absolute Gasteiger partial charge is 0.309 e. The molecule has 1 amide bonds. The van der Waals surface area contributed by atoms with E-state index in [4.69, 9.17) is 11.6 Å². The molecule has 4 rings (SSSR count). The minimum Gasteiger partial charge on any atom is -0.309 e. The first-order chi connectivity index (χ1) is 12.5.